The van der Waals surface area contributed by atoms with Crippen molar-refractivity contribution in [3.8, 4) is 5.75 Å². The van der Waals surface area contributed by atoms with Gasteiger partial charge in [-0.05, 0) is 54.8 Å². The Labute approximate surface area is 186 Å². The van der Waals surface area contributed by atoms with Crippen LogP contribution in [-0.2, 0) is 16.0 Å². The number of benzene rings is 1. The Morgan fingerprint density at radius 2 is 1.94 bits per heavy atom. The van der Waals surface area contributed by atoms with Crippen molar-refractivity contribution in [3.05, 3.63) is 52.2 Å². The Bertz CT molecular complexity index is 927. The number of hydrogen-bond acceptors (Lipinski definition) is 5. The molecule has 0 radical (unpaired) electrons. The Morgan fingerprint density at radius 3 is 2.52 bits per heavy atom. The van der Waals surface area contributed by atoms with Crippen LogP contribution in [0, 0.1) is 5.92 Å². The maximum atomic E-state index is 13.0. The van der Waals surface area contributed by atoms with E-state index < -0.39 is 11.6 Å². The molecule has 1 aliphatic heterocycles. The van der Waals surface area contributed by atoms with E-state index in [2.05, 4.69) is 10.6 Å². The number of ether oxygens (including phenoxy) is 1. The monoisotopic (exact) mass is 443 g/mol. The van der Waals surface area contributed by atoms with Crippen LogP contribution in [0.1, 0.15) is 43.7 Å². The minimum Gasteiger partial charge on any atom is -0.497 e. The Kier molecular flexibility index (Phi) is 7.00. The van der Waals surface area contributed by atoms with Crippen LogP contribution in [0.25, 0.3) is 0 Å². The van der Waals surface area contributed by atoms with Crippen LogP contribution in [0.2, 0.25) is 0 Å². The van der Waals surface area contributed by atoms with Crippen LogP contribution in [0.15, 0.2) is 41.8 Å². The molecule has 31 heavy (non-hydrogen) atoms. The van der Waals surface area contributed by atoms with Gasteiger partial charge in [0.15, 0.2) is 0 Å². The maximum absolute atomic E-state index is 13.0. The van der Waals surface area contributed by atoms with Crippen LogP contribution >= 0.6 is 11.3 Å². The predicted molar refractivity (Wildman–Crippen MR) is 120 cm³/mol. The molecule has 2 heterocycles. The van der Waals surface area contributed by atoms with Crippen molar-refractivity contribution in [2.45, 2.75) is 45.2 Å². The molecular weight excluding hydrogens is 414 g/mol. The zero-order valence-corrected chi connectivity index (χ0v) is 19.1. The molecule has 0 aliphatic carbocycles. The molecule has 1 fully saturated rings. The van der Waals surface area contributed by atoms with Crippen molar-refractivity contribution in [2.75, 3.05) is 13.7 Å². The Morgan fingerprint density at radius 1 is 1.23 bits per heavy atom. The molecule has 2 aromatic rings. The van der Waals surface area contributed by atoms with E-state index in [9.17, 15) is 14.4 Å². The lowest BCUT2D eigenvalue weighted by Crippen LogP contribution is -2.46. The Balaban J connectivity index is 1.61. The molecule has 2 N–H and O–H groups in total. The van der Waals surface area contributed by atoms with Crippen molar-refractivity contribution >= 4 is 29.2 Å². The molecule has 0 spiro atoms. The standard InChI is InChI=1S/C23H29N3O4S/c1-15(2)20(18-6-5-13-31-18)24-19(27)14-26-21(28)23(3,25-22(26)29)12-11-16-7-9-17(30-4)10-8-16/h5-10,13,15,20H,11-12,14H2,1-4H3,(H,24,27)(H,25,29). The van der Waals surface area contributed by atoms with Gasteiger partial charge in [0.05, 0.1) is 13.2 Å². The molecule has 166 valence electrons. The Hall–Kier alpha value is -2.87. The van der Waals surface area contributed by atoms with Gasteiger partial charge in [-0.2, -0.15) is 0 Å². The number of urea groups is 1. The van der Waals surface area contributed by atoms with Crippen LogP contribution in [-0.4, -0.2) is 41.9 Å². The van der Waals surface area contributed by atoms with Crippen molar-refractivity contribution in [1.29, 1.82) is 0 Å². The number of thiophene rings is 1. The highest BCUT2D eigenvalue weighted by Gasteiger charge is 2.47. The largest absolute Gasteiger partial charge is 0.497 e. The topological polar surface area (TPSA) is 87.7 Å². The van der Waals surface area contributed by atoms with Gasteiger partial charge >= 0.3 is 6.03 Å². The van der Waals surface area contributed by atoms with Crippen molar-refractivity contribution in [1.82, 2.24) is 15.5 Å². The second-order valence-corrected chi connectivity index (χ2v) is 9.29. The van der Waals surface area contributed by atoms with Gasteiger partial charge in [0.25, 0.3) is 5.91 Å². The summed E-state index contributed by atoms with van der Waals surface area (Å²) in [6, 6.07) is 10.8. The fourth-order valence-electron chi connectivity index (χ4n) is 3.64. The van der Waals surface area contributed by atoms with Gasteiger partial charge < -0.3 is 15.4 Å². The van der Waals surface area contributed by atoms with Crippen molar-refractivity contribution in [3.63, 3.8) is 0 Å². The molecule has 1 aromatic heterocycles. The average Bonchev–Trinajstić information content (AvgIpc) is 3.34. The number of aryl methyl sites for hydroxylation is 1. The zero-order chi connectivity index (χ0) is 22.6. The number of imide groups is 1. The van der Waals surface area contributed by atoms with Crippen LogP contribution in [0.4, 0.5) is 4.79 Å². The van der Waals surface area contributed by atoms with Gasteiger partial charge in [-0.1, -0.05) is 32.0 Å². The number of methoxy groups -OCH3 is 1. The number of carbonyl (C=O) groups is 3. The quantitative estimate of drug-likeness (QED) is 0.581. The molecule has 7 nitrogen and oxygen atoms in total. The summed E-state index contributed by atoms with van der Waals surface area (Å²) < 4.78 is 5.16. The first kappa shape index (κ1) is 22.8. The molecule has 2 unspecified atom stereocenters. The maximum Gasteiger partial charge on any atom is 0.325 e. The van der Waals surface area contributed by atoms with E-state index in [4.69, 9.17) is 4.74 Å². The first-order valence-electron chi connectivity index (χ1n) is 10.3. The second kappa shape index (κ2) is 9.51. The van der Waals surface area contributed by atoms with E-state index in [0.717, 1.165) is 21.1 Å². The van der Waals surface area contributed by atoms with Gasteiger partial charge in [0.2, 0.25) is 5.91 Å². The first-order chi connectivity index (χ1) is 14.7. The summed E-state index contributed by atoms with van der Waals surface area (Å²) in [5, 5.41) is 7.70. The summed E-state index contributed by atoms with van der Waals surface area (Å²) in [4.78, 5) is 40.2. The normalized spacial score (nSPS) is 19.5. The van der Waals surface area contributed by atoms with E-state index in [-0.39, 0.29) is 30.3 Å². The minimum absolute atomic E-state index is 0.158. The van der Waals surface area contributed by atoms with Gasteiger partial charge in [-0.3, -0.25) is 14.5 Å². The number of hydrogen-bond donors (Lipinski definition) is 2. The highest BCUT2D eigenvalue weighted by atomic mass is 32.1. The minimum atomic E-state index is -1.04. The van der Waals surface area contributed by atoms with Gasteiger partial charge in [0, 0.05) is 4.88 Å². The summed E-state index contributed by atoms with van der Waals surface area (Å²) in [5.41, 5.74) is -0.00124. The van der Waals surface area contributed by atoms with E-state index >= 15 is 0 Å². The third kappa shape index (κ3) is 5.25. The summed E-state index contributed by atoms with van der Waals surface area (Å²) >= 11 is 1.57. The van der Waals surface area contributed by atoms with E-state index in [1.54, 1.807) is 25.4 Å². The van der Waals surface area contributed by atoms with Gasteiger partial charge in [0.1, 0.15) is 17.8 Å². The number of nitrogens with zero attached hydrogens (tertiary/aromatic N) is 1. The average molecular weight is 444 g/mol. The molecule has 4 amide bonds. The lowest BCUT2D eigenvalue weighted by atomic mass is 9.93. The SMILES string of the molecule is COc1ccc(CCC2(C)NC(=O)N(CC(=O)NC(c3cccs3)C(C)C)C2=O)cc1. The highest BCUT2D eigenvalue weighted by molar-refractivity contribution is 7.10. The van der Waals surface area contributed by atoms with Gasteiger partial charge in [-0.15, -0.1) is 11.3 Å². The second-order valence-electron chi connectivity index (χ2n) is 8.31. The fraction of sp³-hybridized carbons (Fsp3) is 0.435. The number of amides is 4. The number of rotatable bonds is 9. The molecule has 1 saturated heterocycles. The number of nitrogens with one attached hydrogen (secondary N) is 2. The molecule has 0 saturated carbocycles. The summed E-state index contributed by atoms with van der Waals surface area (Å²) in [6.07, 6.45) is 1.05. The summed E-state index contributed by atoms with van der Waals surface area (Å²) in [5.74, 6) is 0.216. The van der Waals surface area contributed by atoms with E-state index in [1.165, 1.54) is 0 Å². The molecule has 3 rings (SSSR count). The summed E-state index contributed by atoms with van der Waals surface area (Å²) in [6.45, 7) is 5.46. The van der Waals surface area contributed by atoms with Crippen molar-refractivity contribution in [2.24, 2.45) is 5.92 Å². The van der Waals surface area contributed by atoms with Gasteiger partial charge in [-0.25, -0.2) is 4.79 Å². The molecule has 2 atom stereocenters. The zero-order valence-electron chi connectivity index (χ0n) is 18.3. The van der Waals surface area contributed by atoms with Crippen molar-refractivity contribution < 1.29 is 19.1 Å². The van der Waals surface area contributed by atoms with Crippen LogP contribution in [0.3, 0.4) is 0 Å². The molecular formula is C23H29N3O4S. The van der Waals surface area contributed by atoms with Crippen LogP contribution in [0.5, 0.6) is 5.75 Å². The lowest BCUT2D eigenvalue weighted by molar-refractivity contribution is -0.135. The van der Waals surface area contributed by atoms with Crippen LogP contribution < -0.4 is 15.4 Å². The summed E-state index contributed by atoms with van der Waals surface area (Å²) in [7, 11) is 1.61. The molecule has 0 bridgehead atoms. The molecule has 1 aromatic carbocycles. The third-order valence-corrected chi connectivity index (χ3v) is 6.51. The smallest absolute Gasteiger partial charge is 0.325 e. The predicted octanol–water partition coefficient (Wildman–Crippen LogP) is 3.51. The fourth-order valence-corrected chi connectivity index (χ4v) is 4.59. The molecule has 8 heteroatoms. The highest BCUT2D eigenvalue weighted by Crippen LogP contribution is 2.27. The molecule has 1 aliphatic rings. The first-order valence-corrected chi connectivity index (χ1v) is 11.2. The van der Waals surface area contributed by atoms with E-state index in [1.807, 2.05) is 55.6 Å². The van der Waals surface area contributed by atoms with E-state index in [0.29, 0.717) is 12.8 Å². The number of carbonyl (C=O) groups excluding carboxylic acids is 3. The lowest BCUT2D eigenvalue weighted by Gasteiger charge is -2.23. The third-order valence-electron chi connectivity index (χ3n) is 5.55.